The minimum Gasteiger partial charge on any atom is -0.468 e. The van der Waals surface area contributed by atoms with Crippen LogP contribution >= 0.6 is 0 Å². The van der Waals surface area contributed by atoms with E-state index in [2.05, 4.69) is 14.8 Å². The van der Waals surface area contributed by atoms with Crippen LogP contribution in [0.2, 0.25) is 0 Å². The van der Waals surface area contributed by atoms with Crippen molar-refractivity contribution < 1.29 is 18.3 Å². The molecule has 0 aliphatic rings. The molecule has 0 aliphatic carbocycles. The van der Waals surface area contributed by atoms with Crippen molar-refractivity contribution in [3.63, 3.8) is 0 Å². The fourth-order valence-electron chi connectivity index (χ4n) is 2.61. The molecule has 0 bridgehead atoms. The molecule has 3 aromatic rings. The zero-order valence-electron chi connectivity index (χ0n) is 13.2. The Morgan fingerprint density at radius 1 is 1.29 bits per heavy atom. The molecule has 0 N–H and O–H groups in total. The predicted molar refractivity (Wildman–Crippen MR) is 84.7 cm³/mol. The van der Waals surface area contributed by atoms with Gasteiger partial charge in [0.1, 0.15) is 6.54 Å². The minimum atomic E-state index is -2.67. The normalized spacial score (nSPS) is 11.2. The Kier molecular flexibility index (Phi) is 4.24. The summed E-state index contributed by atoms with van der Waals surface area (Å²) in [5.74, 6) is -0.523. The van der Waals surface area contributed by atoms with E-state index in [1.807, 2.05) is 6.07 Å². The number of aromatic nitrogens is 3. The first-order valence-electron chi connectivity index (χ1n) is 7.29. The number of ether oxygens (including phenoxy) is 1. The summed E-state index contributed by atoms with van der Waals surface area (Å²) in [6.45, 7) is 1.43. The molecule has 0 saturated heterocycles. The van der Waals surface area contributed by atoms with Gasteiger partial charge in [0, 0.05) is 11.1 Å². The molecule has 0 unspecified atom stereocenters. The Labute approximate surface area is 136 Å². The predicted octanol–water partition coefficient (Wildman–Crippen LogP) is 3.52. The maximum atomic E-state index is 13.6. The van der Waals surface area contributed by atoms with Crippen molar-refractivity contribution in [2.24, 2.45) is 0 Å². The van der Waals surface area contributed by atoms with Crippen LogP contribution in [0, 0.1) is 6.92 Å². The van der Waals surface area contributed by atoms with E-state index in [-0.39, 0.29) is 23.1 Å². The molecule has 2 aromatic heterocycles. The molecular weight excluding hydrogens is 316 g/mol. The number of carbonyl (C=O) groups excluding carboxylic acids is 1. The summed E-state index contributed by atoms with van der Waals surface area (Å²) in [4.78, 5) is 16.0. The second-order valence-electron chi connectivity index (χ2n) is 5.28. The summed E-state index contributed by atoms with van der Waals surface area (Å²) < 4.78 is 33.0. The van der Waals surface area contributed by atoms with Gasteiger partial charge >= 0.3 is 5.97 Å². The number of carbonyl (C=O) groups is 1. The molecule has 124 valence electrons. The molecule has 1 aromatic carbocycles. The lowest BCUT2D eigenvalue weighted by Crippen LogP contribution is -2.13. The van der Waals surface area contributed by atoms with Crippen molar-refractivity contribution in [1.29, 1.82) is 0 Å². The third-order valence-corrected chi connectivity index (χ3v) is 3.72. The SMILES string of the molecule is COC(=O)Cn1nc(C)c2c(C(F)F)cc(-c3ccccc3)nc21. The van der Waals surface area contributed by atoms with E-state index in [0.717, 1.165) is 0 Å². The summed E-state index contributed by atoms with van der Waals surface area (Å²) in [7, 11) is 1.26. The first kappa shape index (κ1) is 16.0. The number of halogens is 2. The first-order chi connectivity index (χ1) is 11.5. The topological polar surface area (TPSA) is 57.0 Å². The average Bonchev–Trinajstić information content (AvgIpc) is 2.90. The Balaban J connectivity index is 2.26. The molecule has 2 heterocycles. The van der Waals surface area contributed by atoms with E-state index < -0.39 is 12.4 Å². The Morgan fingerprint density at radius 3 is 2.62 bits per heavy atom. The number of fused-ring (bicyclic) bond motifs is 1. The second kappa shape index (κ2) is 6.35. The molecule has 3 rings (SSSR count). The third-order valence-electron chi connectivity index (χ3n) is 3.72. The van der Waals surface area contributed by atoms with Crippen molar-refractivity contribution >= 4 is 17.0 Å². The molecule has 0 fully saturated rings. The van der Waals surface area contributed by atoms with Gasteiger partial charge in [0.25, 0.3) is 6.43 Å². The van der Waals surface area contributed by atoms with E-state index >= 15 is 0 Å². The van der Waals surface area contributed by atoms with Crippen LogP contribution in [0.15, 0.2) is 36.4 Å². The van der Waals surface area contributed by atoms with Crippen molar-refractivity contribution in [2.75, 3.05) is 7.11 Å². The standard InChI is InChI=1S/C17H15F2N3O2/c1-10-15-12(16(18)19)8-13(11-6-4-3-5-7-11)20-17(15)22(21-10)9-14(23)24-2/h3-8,16H,9H2,1-2H3. The Morgan fingerprint density at radius 2 is 2.00 bits per heavy atom. The molecule has 5 nitrogen and oxygen atoms in total. The lowest BCUT2D eigenvalue weighted by molar-refractivity contribution is -0.141. The van der Waals surface area contributed by atoms with Gasteiger partial charge in [0.15, 0.2) is 5.65 Å². The molecule has 0 aliphatic heterocycles. The van der Waals surface area contributed by atoms with Gasteiger partial charge in [-0.3, -0.25) is 4.79 Å². The maximum absolute atomic E-state index is 13.6. The zero-order chi connectivity index (χ0) is 17.3. The van der Waals surface area contributed by atoms with Gasteiger partial charge in [-0.15, -0.1) is 0 Å². The molecule has 24 heavy (non-hydrogen) atoms. The molecule has 0 amide bonds. The lowest BCUT2D eigenvalue weighted by Gasteiger charge is -2.08. The number of hydrogen-bond donors (Lipinski definition) is 0. The molecular formula is C17H15F2N3O2. The second-order valence-corrected chi connectivity index (χ2v) is 5.28. The summed E-state index contributed by atoms with van der Waals surface area (Å²) in [5, 5.41) is 4.45. The van der Waals surface area contributed by atoms with Gasteiger partial charge < -0.3 is 4.74 Å². The number of rotatable bonds is 4. The minimum absolute atomic E-state index is 0.146. The first-order valence-corrected chi connectivity index (χ1v) is 7.29. The largest absolute Gasteiger partial charge is 0.468 e. The molecule has 0 saturated carbocycles. The van der Waals surface area contributed by atoms with Crippen LogP contribution in [0.5, 0.6) is 0 Å². The number of nitrogens with zero attached hydrogens (tertiary/aromatic N) is 3. The van der Waals surface area contributed by atoms with Crippen molar-refractivity contribution in [2.45, 2.75) is 19.9 Å². The van der Waals surface area contributed by atoms with Crippen LogP contribution in [-0.4, -0.2) is 27.8 Å². The number of esters is 1. The molecule has 0 radical (unpaired) electrons. The van der Waals surface area contributed by atoms with Gasteiger partial charge in [-0.25, -0.2) is 18.4 Å². The Bertz CT molecular complexity index is 892. The van der Waals surface area contributed by atoms with Crippen molar-refractivity contribution in [3.05, 3.63) is 47.7 Å². The highest BCUT2D eigenvalue weighted by atomic mass is 19.3. The van der Waals surface area contributed by atoms with Crippen LogP contribution in [0.25, 0.3) is 22.3 Å². The molecule has 0 spiro atoms. The number of benzene rings is 1. The third kappa shape index (κ3) is 2.84. The highest BCUT2D eigenvalue weighted by Crippen LogP contribution is 2.32. The van der Waals surface area contributed by atoms with Crippen LogP contribution in [0.1, 0.15) is 17.7 Å². The Hall–Kier alpha value is -2.83. The van der Waals surface area contributed by atoms with Crippen molar-refractivity contribution in [3.8, 4) is 11.3 Å². The number of methoxy groups -OCH3 is 1. The van der Waals surface area contributed by atoms with Gasteiger partial charge in [-0.1, -0.05) is 30.3 Å². The summed E-state index contributed by atoms with van der Waals surface area (Å²) in [5.41, 5.74) is 1.62. The monoisotopic (exact) mass is 331 g/mol. The smallest absolute Gasteiger partial charge is 0.327 e. The fraction of sp³-hybridized carbons (Fsp3) is 0.235. The van der Waals surface area contributed by atoms with E-state index in [0.29, 0.717) is 17.0 Å². The summed E-state index contributed by atoms with van der Waals surface area (Å²) in [6.07, 6.45) is -2.67. The fourth-order valence-corrected chi connectivity index (χ4v) is 2.61. The average molecular weight is 331 g/mol. The molecule has 0 atom stereocenters. The zero-order valence-corrected chi connectivity index (χ0v) is 13.2. The van der Waals surface area contributed by atoms with Gasteiger partial charge in [0.2, 0.25) is 0 Å². The summed E-state index contributed by atoms with van der Waals surface area (Å²) >= 11 is 0. The van der Waals surface area contributed by atoms with Gasteiger partial charge in [-0.05, 0) is 13.0 Å². The van der Waals surface area contributed by atoms with E-state index in [1.165, 1.54) is 17.9 Å². The van der Waals surface area contributed by atoms with Crippen LogP contribution in [0.3, 0.4) is 0 Å². The highest BCUT2D eigenvalue weighted by molar-refractivity contribution is 5.86. The van der Waals surface area contributed by atoms with E-state index in [4.69, 9.17) is 0 Å². The van der Waals surface area contributed by atoms with E-state index in [9.17, 15) is 13.6 Å². The van der Waals surface area contributed by atoms with Crippen molar-refractivity contribution in [1.82, 2.24) is 14.8 Å². The van der Waals surface area contributed by atoms with Crippen LogP contribution in [-0.2, 0) is 16.1 Å². The van der Waals surface area contributed by atoms with Gasteiger partial charge in [0.05, 0.1) is 23.9 Å². The number of pyridine rings is 1. The van der Waals surface area contributed by atoms with Crippen LogP contribution in [0.4, 0.5) is 8.78 Å². The number of aryl methyl sites for hydroxylation is 1. The summed E-state index contributed by atoms with van der Waals surface area (Å²) in [6, 6.07) is 10.4. The highest BCUT2D eigenvalue weighted by Gasteiger charge is 2.21. The lowest BCUT2D eigenvalue weighted by atomic mass is 10.1. The van der Waals surface area contributed by atoms with Gasteiger partial charge in [-0.2, -0.15) is 5.10 Å². The number of alkyl halides is 2. The molecule has 7 heteroatoms. The van der Waals surface area contributed by atoms with E-state index in [1.54, 1.807) is 31.2 Å². The van der Waals surface area contributed by atoms with Crippen LogP contribution < -0.4 is 0 Å². The number of hydrogen-bond acceptors (Lipinski definition) is 4. The maximum Gasteiger partial charge on any atom is 0.327 e. The quantitative estimate of drug-likeness (QED) is 0.687.